The van der Waals surface area contributed by atoms with Crippen LogP contribution in [0.4, 0.5) is 15.9 Å². The van der Waals surface area contributed by atoms with Crippen LogP contribution in [-0.2, 0) is 6.42 Å². The summed E-state index contributed by atoms with van der Waals surface area (Å²) in [5, 5.41) is 11.9. The van der Waals surface area contributed by atoms with Gasteiger partial charge in [0.25, 0.3) is 0 Å². The first-order valence-corrected chi connectivity index (χ1v) is 5.85. The van der Waals surface area contributed by atoms with Crippen molar-refractivity contribution in [3.8, 4) is 0 Å². The summed E-state index contributed by atoms with van der Waals surface area (Å²) < 4.78 is 13.0. The number of carbonyl (C=O) groups is 1. The Morgan fingerprint density at radius 3 is 2.89 bits per heavy atom. The summed E-state index contributed by atoms with van der Waals surface area (Å²) in [5.74, 6) is -1.77. The molecule has 98 valence electrons. The number of aromatic nitrogens is 1. The quantitative estimate of drug-likeness (QED) is 0.886. The smallest absolute Gasteiger partial charge is 0.339 e. The van der Waals surface area contributed by atoms with Crippen molar-refractivity contribution in [2.45, 2.75) is 13.3 Å². The molecule has 0 atom stereocenters. The number of nitrogens with one attached hydrogen (secondary N) is 1. The monoisotopic (exact) mass is 260 g/mol. The minimum Gasteiger partial charge on any atom is -0.478 e. The zero-order valence-corrected chi connectivity index (χ0v) is 10.4. The van der Waals surface area contributed by atoms with Gasteiger partial charge >= 0.3 is 5.97 Å². The molecule has 4 nitrogen and oxygen atoms in total. The van der Waals surface area contributed by atoms with Crippen molar-refractivity contribution in [2.24, 2.45) is 0 Å². The molecule has 0 saturated heterocycles. The molecule has 2 rings (SSSR count). The zero-order valence-electron chi connectivity index (χ0n) is 10.4. The summed E-state index contributed by atoms with van der Waals surface area (Å²) in [7, 11) is 0. The number of benzene rings is 1. The van der Waals surface area contributed by atoms with E-state index >= 15 is 0 Å². The fourth-order valence-corrected chi connectivity index (χ4v) is 1.71. The number of aryl methyl sites for hydroxylation is 1. The summed E-state index contributed by atoms with van der Waals surface area (Å²) in [6.07, 6.45) is 1.86. The molecule has 0 amide bonds. The van der Waals surface area contributed by atoms with Gasteiger partial charge in [0.2, 0.25) is 0 Å². The van der Waals surface area contributed by atoms with Crippen LogP contribution in [0.2, 0.25) is 0 Å². The third-order valence-corrected chi connectivity index (χ3v) is 2.68. The highest BCUT2D eigenvalue weighted by Crippen LogP contribution is 2.20. The second-order valence-corrected chi connectivity index (χ2v) is 4.03. The highest BCUT2D eigenvalue weighted by molar-refractivity contribution is 5.93. The Morgan fingerprint density at radius 2 is 2.21 bits per heavy atom. The fourth-order valence-electron chi connectivity index (χ4n) is 1.71. The van der Waals surface area contributed by atoms with Crippen LogP contribution in [0.5, 0.6) is 0 Å². The van der Waals surface area contributed by atoms with Gasteiger partial charge in [-0.05, 0) is 30.2 Å². The third-order valence-electron chi connectivity index (χ3n) is 2.68. The van der Waals surface area contributed by atoms with E-state index in [-0.39, 0.29) is 11.4 Å². The van der Waals surface area contributed by atoms with Crippen LogP contribution in [0, 0.1) is 5.82 Å². The topological polar surface area (TPSA) is 62.2 Å². The number of aromatic carboxylic acids is 1. The molecule has 0 aliphatic carbocycles. The van der Waals surface area contributed by atoms with E-state index in [1.54, 1.807) is 6.07 Å². The minimum absolute atomic E-state index is 0.127. The van der Waals surface area contributed by atoms with Crippen molar-refractivity contribution < 1.29 is 14.3 Å². The van der Waals surface area contributed by atoms with Gasteiger partial charge in [-0.15, -0.1) is 0 Å². The maximum Gasteiger partial charge on any atom is 0.339 e. The lowest BCUT2D eigenvalue weighted by molar-refractivity contribution is 0.0697. The van der Waals surface area contributed by atoms with Gasteiger partial charge in [0.05, 0.1) is 6.20 Å². The average Bonchev–Trinajstić information content (AvgIpc) is 2.41. The largest absolute Gasteiger partial charge is 0.478 e. The van der Waals surface area contributed by atoms with Gasteiger partial charge in [0.15, 0.2) is 0 Å². The van der Waals surface area contributed by atoms with Crippen molar-refractivity contribution in [3.05, 3.63) is 53.5 Å². The summed E-state index contributed by atoms with van der Waals surface area (Å²) >= 11 is 0. The van der Waals surface area contributed by atoms with Crippen LogP contribution in [0.25, 0.3) is 0 Å². The Balaban J connectivity index is 2.34. The predicted molar refractivity (Wildman–Crippen MR) is 70.3 cm³/mol. The summed E-state index contributed by atoms with van der Waals surface area (Å²) in [5.41, 5.74) is 1.65. The van der Waals surface area contributed by atoms with Crippen LogP contribution in [0.15, 0.2) is 36.5 Å². The first-order chi connectivity index (χ1) is 9.10. The van der Waals surface area contributed by atoms with E-state index in [0.29, 0.717) is 0 Å². The number of rotatable bonds is 4. The van der Waals surface area contributed by atoms with Crippen LogP contribution < -0.4 is 5.32 Å². The van der Waals surface area contributed by atoms with Crippen LogP contribution in [0.3, 0.4) is 0 Å². The predicted octanol–water partition coefficient (Wildman–Crippen LogP) is 3.22. The molecule has 0 unspecified atom stereocenters. The molecule has 0 aliphatic heterocycles. The van der Waals surface area contributed by atoms with E-state index in [4.69, 9.17) is 5.11 Å². The Kier molecular flexibility index (Phi) is 3.75. The van der Waals surface area contributed by atoms with Crippen molar-refractivity contribution in [3.63, 3.8) is 0 Å². The Labute approximate surface area is 109 Å². The lowest BCUT2D eigenvalue weighted by atomic mass is 10.1. The van der Waals surface area contributed by atoms with Crippen LogP contribution >= 0.6 is 0 Å². The maximum absolute atomic E-state index is 13.0. The molecule has 0 radical (unpaired) electrons. The number of hydrogen-bond donors (Lipinski definition) is 2. The average molecular weight is 260 g/mol. The van der Waals surface area contributed by atoms with E-state index in [1.165, 1.54) is 0 Å². The lowest BCUT2D eigenvalue weighted by Gasteiger charge is -2.09. The molecule has 1 heterocycles. The van der Waals surface area contributed by atoms with E-state index in [2.05, 4.69) is 10.3 Å². The number of pyridine rings is 1. The molecule has 0 spiro atoms. The fraction of sp³-hybridized carbons (Fsp3) is 0.143. The van der Waals surface area contributed by atoms with Gasteiger partial charge in [-0.3, -0.25) is 0 Å². The first kappa shape index (κ1) is 13.0. The standard InChI is InChI=1S/C14H13FN2O2/c1-2-9-4-3-5-11(6-9)17-13-12(14(18)19)7-10(15)8-16-13/h3-8H,2H2,1H3,(H,16,17)(H,18,19). The molecule has 0 saturated carbocycles. The van der Waals surface area contributed by atoms with E-state index in [0.717, 1.165) is 29.9 Å². The Morgan fingerprint density at radius 1 is 1.42 bits per heavy atom. The van der Waals surface area contributed by atoms with E-state index < -0.39 is 11.8 Å². The lowest BCUT2D eigenvalue weighted by Crippen LogP contribution is -2.05. The summed E-state index contributed by atoms with van der Waals surface area (Å²) in [6, 6.07) is 8.49. The van der Waals surface area contributed by atoms with Crippen LogP contribution in [-0.4, -0.2) is 16.1 Å². The number of carboxylic acid groups (broad SMARTS) is 1. The van der Waals surface area contributed by atoms with Gasteiger partial charge in [-0.2, -0.15) is 0 Å². The summed E-state index contributed by atoms with van der Waals surface area (Å²) in [4.78, 5) is 14.8. The second-order valence-electron chi connectivity index (χ2n) is 4.03. The molecular weight excluding hydrogens is 247 g/mol. The molecule has 19 heavy (non-hydrogen) atoms. The number of anilines is 2. The molecule has 0 fully saturated rings. The molecule has 5 heteroatoms. The molecular formula is C14H13FN2O2. The molecule has 2 aromatic rings. The SMILES string of the molecule is CCc1cccc(Nc2ncc(F)cc2C(=O)O)c1. The van der Waals surface area contributed by atoms with Gasteiger partial charge in [0.1, 0.15) is 17.2 Å². The highest BCUT2D eigenvalue weighted by atomic mass is 19.1. The van der Waals surface area contributed by atoms with Gasteiger partial charge in [0, 0.05) is 5.69 Å². The number of hydrogen-bond acceptors (Lipinski definition) is 3. The first-order valence-electron chi connectivity index (χ1n) is 5.85. The Hall–Kier alpha value is -2.43. The molecule has 0 bridgehead atoms. The number of nitrogens with zero attached hydrogens (tertiary/aromatic N) is 1. The van der Waals surface area contributed by atoms with Crippen molar-refractivity contribution in [1.29, 1.82) is 0 Å². The van der Waals surface area contributed by atoms with Crippen molar-refractivity contribution in [2.75, 3.05) is 5.32 Å². The van der Waals surface area contributed by atoms with Gasteiger partial charge in [-0.25, -0.2) is 14.2 Å². The molecule has 0 aliphatic rings. The van der Waals surface area contributed by atoms with E-state index in [9.17, 15) is 9.18 Å². The molecule has 1 aromatic carbocycles. The van der Waals surface area contributed by atoms with E-state index in [1.807, 2.05) is 25.1 Å². The maximum atomic E-state index is 13.0. The molecule has 1 aromatic heterocycles. The highest BCUT2D eigenvalue weighted by Gasteiger charge is 2.13. The van der Waals surface area contributed by atoms with Gasteiger partial charge in [-0.1, -0.05) is 19.1 Å². The minimum atomic E-state index is -1.22. The zero-order chi connectivity index (χ0) is 13.8. The number of carboxylic acids is 1. The number of halogens is 1. The van der Waals surface area contributed by atoms with Crippen molar-refractivity contribution >= 4 is 17.5 Å². The summed E-state index contributed by atoms with van der Waals surface area (Å²) in [6.45, 7) is 2.03. The normalized spacial score (nSPS) is 10.2. The van der Waals surface area contributed by atoms with Crippen LogP contribution in [0.1, 0.15) is 22.8 Å². The second kappa shape index (κ2) is 5.48. The Bertz CT molecular complexity index is 614. The van der Waals surface area contributed by atoms with Crippen molar-refractivity contribution in [1.82, 2.24) is 4.98 Å². The third kappa shape index (κ3) is 3.07. The van der Waals surface area contributed by atoms with Gasteiger partial charge < -0.3 is 10.4 Å². The molecule has 2 N–H and O–H groups in total.